The number of H-pyrrole nitrogens is 1. The SMILES string of the molecule is CNC(=O)c1cc([N+](=O)[O-])c[nH]c1=O. The Kier molecular flexibility index (Phi) is 2.61. The van der Waals surface area contributed by atoms with Crippen LogP contribution < -0.4 is 10.9 Å². The third-order valence-electron chi connectivity index (χ3n) is 1.57. The monoisotopic (exact) mass is 197 g/mol. The molecule has 0 spiro atoms. The molecule has 1 amide bonds. The van der Waals surface area contributed by atoms with E-state index in [2.05, 4.69) is 10.3 Å². The lowest BCUT2D eigenvalue weighted by molar-refractivity contribution is -0.385. The van der Waals surface area contributed by atoms with E-state index in [-0.39, 0.29) is 11.3 Å². The fraction of sp³-hybridized carbons (Fsp3) is 0.143. The number of pyridine rings is 1. The summed E-state index contributed by atoms with van der Waals surface area (Å²) in [4.78, 5) is 33.9. The molecule has 14 heavy (non-hydrogen) atoms. The Labute approximate surface area is 77.9 Å². The second kappa shape index (κ2) is 3.69. The Morgan fingerprint density at radius 1 is 1.64 bits per heavy atom. The first-order chi connectivity index (χ1) is 6.56. The largest absolute Gasteiger partial charge is 0.355 e. The predicted octanol–water partition coefficient (Wildman–Crippen LogP) is -0.357. The highest BCUT2D eigenvalue weighted by Crippen LogP contribution is 2.07. The van der Waals surface area contributed by atoms with Crippen LogP contribution >= 0.6 is 0 Å². The molecule has 2 N–H and O–H groups in total. The molecule has 0 radical (unpaired) electrons. The molecule has 0 aliphatic heterocycles. The number of nitrogens with one attached hydrogen (secondary N) is 2. The minimum atomic E-state index is -0.692. The van der Waals surface area contributed by atoms with Crippen molar-refractivity contribution in [2.75, 3.05) is 7.05 Å². The summed E-state index contributed by atoms with van der Waals surface area (Å²) in [5.41, 5.74) is -1.26. The van der Waals surface area contributed by atoms with Crippen LogP contribution in [0.15, 0.2) is 17.1 Å². The van der Waals surface area contributed by atoms with Gasteiger partial charge in [0.2, 0.25) is 0 Å². The molecular formula is C7H7N3O4. The Bertz CT molecular complexity index is 437. The second-order valence-corrected chi connectivity index (χ2v) is 2.44. The summed E-state index contributed by atoms with van der Waals surface area (Å²) in [6.07, 6.45) is 0.939. The van der Waals surface area contributed by atoms with E-state index in [0.717, 1.165) is 12.3 Å². The molecule has 0 fully saturated rings. The molecule has 0 aliphatic carbocycles. The number of aromatic nitrogens is 1. The average Bonchev–Trinajstić information content (AvgIpc) is 2.17. The van der Waals surface area contributed by atoms with E-state index < -0.39 is 16.4 Å². The van der Waals surface area contributed by atoms with Crippen LogP contribution in [0.5, 0.6) is 0 Å². The molecular weight excluding hydrogens is 190 g/mol. The number of rotatable bonds is 2. The molecule has 74 valence electrons. The van der Waals surface area contributed by atoms with Crippen LogP contribution in [0.1, 0.15) is 10.4 Å². The van der Waals surface area contributed by atoms with Gasteiger partial charge in [0, 0.05) is 13.1 Å². The third kappa shape index (κ3) is 1.76. The number of carbonyl (C=O) groups is 1. The van der Waals surface area contributed by atoms with Crippen molar-refractivity contribution in [3.8, 4) is 0 Å². The Hall–Kier alpha value is -2.18. The normalized spacial score (nSPS) is 9.50. The lowest BCUT2D eigenvalue weighted by atomic mass is 10.2. The van der Waals surface area contributed by atoms with Gasteiger partial charge >= 0.3 is 0 Å². The van der Waals surface area contributed by atoms with E-state index >= 15 is 0 Å². The van der Waals surface area contributed by atoms with Gasteiger partial charge in [-0.2, -0.15) is 0 Å². The molecule has 7 nitrogen and oxygen atoms in total. The Morgan fingerprint density at radius 3 is 2.79 bits per heavy atom. The summed E-state index contributed by atoms with van der Waals surface area (Å²) < 4.78 is 0. The number of amides is 1. The van der Waals surface area contributed by atoms with Gasteiger partial charge in [0.1, 0.15) is 5.56 Å². The van der Waals surface area contributed by atoms with Crippen molar-refractivity contribution in [2.24, 2.45) is 0 Å². The number of aromatic amines is 1. The second-order valence-electron chi connectivity index (χ2n) is 2.44. The third-order valence-corrected chi connectivity index (χ3v) is 1.57. The maximum atomic E-state index is 11.1. The molecule has 0 saturated heterocycles. The van der Waals surface area contributed by atoms with Crippen LogP contribution in [0.4, 0.5) is 5.69 Å². The van der Waals surface area contributed by atoms with Crippen molar-refractivity contribution in [1.29, 1.82) is 0 Å². The van der Waals surface area contributed by atoms with Crippen molar-refractivity contribution >= 4 is 11.6 Å². The molecule has 1 aromatic heterocycles. The van der Waals surface area contributed by atoms with Crippen LogP contribution in [-0.2, 0) is 0 Å². The van der Waals surface area contributed by atoms with Crippen molar-refractivity contribution in [2.45, 2.75) is 0 Å². The van der Waals surface area contributed by atoms with Gasteiger partial charge in [-0.3, -0.25) is 19.7 Å². The zero-order valence-electron chi connectivity index (χ0n) is 7.23. The van der Waals surface area contributed by atoms with Gasteiger partial charge in [0.15, 0.2) is 0 Å². The van der Waals surface area contributed by atoms with Gasteiger partial charge in [-0.05, 0) is 0 Å². The number of carbonyl (C=O) groups excluding carboxylic acids is 1. The van der Waals surface area contributed by atoms with Gasteiger partial charge in [0.25, 0.3) is 17.2 Å². The first-order valence-electron chi connectivity index (χ1n) is 3.65. The van der Waals surface area contributed by atoms with Crippen LogP contribution in [0, 0.1) is 10.1 Å². The van der Waals surface area contributed by atoms with Crippen LogP contribution in [0.2, 0.25) is 0 Å². The maximum absolute atomic E-state index is 11.1. The number of hydrogen-bond donors (Lipinski definition) is 2. The van der Waals surface area contributed by atoms with Gasteiger partial charge in [-0.15, -0.1) is 0 Å². The van der Waals surface area contributed by atoms with Crippen molar-refractivity contribution in [3.05, 3.63) is 38.3 Å². The highest BCUT2D eigenvalue weighted by atomic mass is 16.6. The summed E-state index contributed by atoms with van der Waals surface area (Å²) in [7, 11) is 1.33. The molecule has 1 heterocycles. The predicted molar refractivity (Wildman–Crippen MR) is 47.1 cm³/mol. The maximum Gasteiger partial charge on any atom is 0.286 e. The fourth-order valence-corrected chi connectivity index (χ4v) is 0.881. The molecule has 0 aliphatic rings. The van der Waals surface area contributed by atoms with E-state index in [0.29, 0.717) is 0 Å². The lowest BCUT2D eigenvalue weighted by Crippen LogP contribution is -2.26. The van der Waals surface area contributed by atoms with Gasteiger partial charge in [0.05, 0.1) is 11.1 Å². The minimum absolute atomic E-state index is 0.276. The summed E-state index contributed by atoms with van der Waals surface area (Å²) in [5, 5.41) is 12.5. The fourth-order valence-electron chi connectivity index (χ4n) is 0.881. The lowest BCUT2D eigenvalue weighted by Gasteiger charge is -1.97. The van der Waals surface area contributed by atoms with Crippen molar-refractivity contribution < 1.29 is 9.72 Å². The number of hydrogen-bond acceptors (Lipinski definition) is 4. The van der Waals surface area contributed by atoms with Crippen molar-refractivity contribution in [3.63, 3.8) is 0 Å². The van der Waals surface area contributed by atoms with Crippen LogP contribution in [0.3, 0.4) is 0 Å². The van der Waals surface area contributed by atoms with E-state index in [1.807, 2.05) is 0 Å². The number of nitro groups is 1. The van der Waals surface area contributed by atoms with E-state index in [4.69, 9.17) is 0 Å². The first kappa shape index (κ1) is 9.90. The van der Waals surface area contributed by atoms with Crippen molar-refractivity contribution in [1.82, 2.24) is 10.3 Å². The summed E-state index contributed by atoms with van der Waals surface area (Å²) in [6, 6.07) is 0.928. The summed E-state index contributed by atoms with van der Waals surface area (Å²) in [6.45, 7) is 0. The molecule has 1 aromatic rings. The quantitative estimate of drug-likeness (QED) is 0.499. The highest BCUT2D eigenvalue weighted by molar-refractivity contribution is 5.94. The zero-order valence-corrected chi connectivity index (χ0v) is 7.23. The Morgan fingerprint density at radius 2 is 2.29 bits per heavy atom. The van der Waals surface area contributed by atoms with Crippen LogP contribution in [0.25, 0.3) is 0 Å². The first-order valence-corrected chi connectivity index (χ1v) is 3.65. The molecule has 7 heteroatoms. The molecule has 0 bridgehead atoms. The highest BCUT2D eigenvalue weighted by Gasteiger charge is 2.14. The van der Waals surface area contributed by atoms with E-state index in [1.54, 1.807) is 0 Å². The average molecular weight is 197 g/mol. The smallest absolute Gasteiger partial charge is 0.286 e. The zero-order chi connectivity index (χ0) is 10.7. The van der Waals surface area contributed by atoms with E-state index in [1.165, 1.54) is 7.05 Å². The van der Waals surface area contributed by atoms with E-state index in [9.17, 15) is 19.7 Å². The molecule has 0 atom stereocenters. The Balaban J connectivity index is 3.28. The van der Waals surface area contributed by atoms with Gasteiger partial charge in [-0.1, -0.05) is 0 Å². The van der Waals surface area contributed by atoms with Gasteiger partial charge < -0.3 is 10.3 Å². The molecule has 1 rings (SSSR count). The summed E-state index contributed by atoms with van der Waals surface area (Å²) >= 11 is 0. The molecule has 0 unspecified atom stereocenters. The van der Waals surface area contributed by atoms with Crippen LogP contribution in [-0.4, -0.2) is 22.9 Å². The summed E-state index contributed by atoms with van der Waals surface area (Å²) in [5.74, 6) is -0.657. The number of nitrogens with zero attached hydrogens (tertiary/aromatic N) is 1. The topological polar surface area (TPSA) is 105 Å². The van der Waals surface area contributed by atoms with Gasteiger partial charge in [-0.25, -0.2) is 0 Å². The molecule has 0 aromatic carbocycles. The standard InChI is InChI=1S/C7H7N3O4/c1-8-6(11)5-2-4(10(13)14)3-9-7(5)12/h2-3H,1H3,(H,8,11)(H,9,12). The minimum Gasteiger partial charge on any atom is -0.355 e. The molecule has 0 saturated carbocycles.